The largest absolute Gasteiger partial charge is 0.295 e. The highest BCUT2D eigenvalue weighted by Crippen LogP contribution is 2.28. The van der Waals surface area contributed by atoms with Gasteiger partial charge in [0.05, 0.1) is 0 Å². The summed E-state index contributed by atoms with van der Waals surface area (Å²) in [5.41, 5.74) is 0.765. The van der Waals surface area contributed by atoms with Crippen molar-refractivity contribution in [3.05, 3.63) is 35.9 Å². The fourth-order valence-electron chi connectivity index (χ4n) is 1.69. The highest BCUT2D eigenvalue weighted by Gasteiger charge is 2.15. The molecule has 2 rings (SSSR count). The first-order chi connectivity index (χ1) is 7.39. The van der Waals surface area contributed by atoms with Crippen molar-refractivity contribution in [2.75, 3.05) is 0 Å². The molecule has 0 saturated heterocycles. The van der Waals surface area contributed by atoms with Crippen LogP contribution in [0, 0.1) is 6.92 Å². The van der Waals surface area contributed by atoms with E-state index in [2.05, 4.69) is 12.6 Å². The summed E-state index contributed by atoms with van der Waals surface area (Å²) in [5, 5.41) is 1.21. The van der Waals surface area contributed by atoms with Crippen LogP contribution in [0.25, 0.3) is 10.8 Å². The van der Waals surface area contributed by atoms with Crippen LogP contribution < -0.4 is 0 Å². The maximum atomic E-state index is 11.2. The first-order valence-electron chi connectivity index (χ1n) is 4.59. The van der Waals surface area contributed by atoms with Gasteiger partial charge in [0.25, 0.3) is 10.1 Å². The van der Waals surface area contributed by atoms with E-state index < -0.39 is 10.1 Å². The molecule has 0 radical (unpaired) electrons. The van der Waals surface area contributed by atoms with Gasteiger partial charge in [-0.1, -0.05) is 18.2 Å². The average molecular weight is 254 g/mol. The van der Waals surface area contributed by atoms with E-state index >= 15 is 0 Å². The molecular weight excluding hydrogens is 244 g/mol. The Hall–Kier alpha value is -1.04. The predicted octanol–water partition coefficient (Wildman–Crippen LogP) is 2.68. The zero-order chi connectivity index (χ0) is 11.9. The second kappa shape index (κ2) is 3.76. The molecule has 0 aliphatic rings. The van der Waals surface area contributed by atoms with E-state index in [1.165, 1.54) is 6.07 Å². The summed E-state index contributed by atoms with van der Waals surface area (Å²) in [7, 11) is -4.20. The van der Waals surface area contributed by atoms with E-state index in [1.54, 1.807) is 25.1 Å². The molecular formula is C11H10O3S2. The van der Waals surface area contributed by atoms with Crippen LogP contribution in [0.2, 0.25) is 0 Å². The van der Waals surface area contributed by atoms with Crippen molar-refractivity contribution >= 4 is 33.5 Å². The molecule has 2 aromatic rings. The number of rotatable bonds is 1. The van der Waals surface area contributed by atoms with Gasteiger partial charge in [0.2, 0.25) is 0 Å². The lowest BCUT2D eigenvalue weighted by Gasteiger charge is -2.07. The molecule has 0 atom stereocenters. The molecule has 0 saturated carbocycles. The highest BCUT2D eigenvalue weighted by atomic mass is 32.2. The third-order valence-electron chi connectivity index (χ3n) is 2.36. The Labute approximate surface area is 99.3 Å². The molecule has 0 aliphatic heterocycles. The molecule has 0 spiro atoms. The monoisotopic (exact) mass is 254 g/mol. The molecule has 2 aromatic carbocycles. The number of fused-ring (bicyclic) bond motifs is 1. The van der Waals surface area contributed by atoms with Crippen molar-refractivity contribution in [3.8, 4) is 0 Å². The lowest BCUT2D eigenvalue weighted by molar-refractivity contribution is 0.484. The van der Waals surface area contributed by atoms with Crippen LogP contribution in [-0.2, 0) is 10.1 Å². The molecule has 0 unspecified atom stereocenters. The number of hydrogen-bond acceptors (Lipinski definition) is 3. The third-order valence-corrected chi connectivity index (χ3v) is 3.64. The minimum Gasteiger partial charge on any atom is -0.282 e. The Morgan fingerprint density at radius 2 is 1.88 bits per heavy atom. The van der Waals surface area contributed by atoms with Crippen LogP contribution in [-0.4, -0.2) is 13.0 Å². The SMILES string of the molecule is Cc1cc(S(=O)(=O)O)c2cccc(S)c2c1. The standard InChI is InChI=1S/C11H10O3S2/c1-7-5-9-8(3-2-4-10(9)15)11(6-7)16(12,13)14/h2-6,15H,1H3,(H,12,13,14). The Morgan fingerprint density at radius 3 is 2.50 bits per heavy atom. The lowest BCUT2D eigenvalue weighted by Crippen LogP contribution is -2.00. The summed E-state index contributed by atoms with van der Waals surface area (Å²) in [6.45, 7) is 1.77. The van der Waals surface area contributed by atoms with Crippen molar-refractivity contribution in [3.63, 3.8) is 0 Å². The van der Waals surface area contributed by atoms with Gasteiger partial charge in [-0.25, -0.2) is 0 Å². The Balaban J connectivity index is 3.01. The summed E-state index contributed by atoms with van der Waals surface area (Å²) >= 11 is 4.26. The fraction of sp³-hybridized carbons (Fsp3) is 0.0909. The van der Waals surface area contributed by atoms with Crippen LogP contribution in [0.15, 0.2) is 40.1 Å². The van der Waals surface area contributed by atoms with Crippen molar-refractivity contribution in [2.24, 2.45) is 0 Å². The zero-order valence-electron chi connectivity index (χ0n) is 8.51. The van der Waals surface area contributed by atoms with Crippen molar-refractivity contribution < 1.29 is 13.0 Å². The molecule has 0 bridgehead atoms. The van der Waals surface area contributed by atoms with Gasteiger partial charge in [0.15, 0.2) is 0 Å². The van der Waals surface area contributed by atoms with Gasteiger partial charge >= 0.3 is 0 Å². The van der Waals surface area contributed by atoms with E-state index in [0.29, 0.717) is 10.3 Å². The second-order valence-electron chi connectivity index (χ2n) is 3.61. The molecule has 84 valence electrons. The Bertz CT molecular complexity index is 660. The van der Waals surface area contributed by atoms with Gasteiger partial charge in [0.1, 0.15) is 4.90 Å². The van der Waals surface area contributed by atoms with Gasteiger partial charge in [0, 0.05) is 10.3 Å². The molecule has 5 heteroatoms. The van der Waals surface area contributed by atoms with Crippen LogP contribution in [0.5, 0.6) is 0 Å². The first kappa shape index (κ1) is 11.4. The van der Waals surface area contributed by atoms with Crippen molar-refractivity contribution in [2.45, 2.75) is 16.7 Å². The quantitative estimate of drug-likeness (QED) is 0.607. The average Bonchev–Trinajstić information content (AvgIpc) is 2.17. The van der Waals surface area contributed by atoms with E-state index in [4.69, 9.17) is 4.55 Å². The smallest absolute Gasteiger partial charge is 0.282 e. The maximum absolute atomic E-state index is 11.2. The molecule has 0 heterocycles. The van der Waals surface area contributed by atoms with Crippen molar-refractivity contribution in [1.29, 1.82) is 0 Å². The van der Waals surface area contributed by atoms with Crippen LogP contribution in [0.1, 0.15) is 5.56 Å². The number of aryl methyl sites for hydroxylation is 1. The van der Waals surface area contributed by atoms with E-state index in [9.17, 15) is 8.42 Å². The zero-order valence-corrected chi connectivity index (χ0v) is 10.2. The summed E-state index contributed by atoms with van der Waals surface area (Å²) in [6.07, 6.45) is 0. The predicted molar refractivity (Wildman–Crippen MR) is 65.8 cm³/mol. The van der Waals surface area contributed by atoms with Gasteiger partial charge in [-0.2, -0.15) is 8.42 Å². The van der Waals surface area contributed by atoms with Crippen LogP contribution in [0.4, 0.5) is 0 Å². The molecule has 16 heavy (non-hydrogen) atoms. The molecule has 0 aliphatic carbocycles. The maximum Gasteiger partial charge on any atom is 0.295 e. The number of benzene rings is 2. The second-order valence-corrected chi connectivity index (χ2v) is 5.48. The van der Waals surface area contributed by atoms with Gasteiger partial charge < -0.3 is 0 Å². The summed E-state index contributed by atoms with van der Waals surface area (Å²) in [4.78, 5) is 0.615. The molecule has 0 amide bonds. The Morgan fingerprint density at radius 1 is 1.19 bits per heavy atom. The van der Waals surface area contributed by atoms with Crippen LogP contribution >= 0.6 is 12.6 Å². The summed E-state index contributed by atoms with van der Waals surface area (Å²) < 4.78 is 31.6. The number of thiol groups is 1. The minimum absolute atomic E-state index is 0.0709. The topological polar surface area (TPSA) is 54.4 Å². The third kappa shape index (κ3) is 1.93. The Kier molecular flexibility index (Phi) is 2.69. The fourth-order valence-corrected chi connectivity index (χ4v) is 2.75. The van der Waals surface area contributed by atoms with E-state index in [-0.39, 0.29) is 4.90 Å². The minimum atomic E-state index is -4.20. The molecule has 3 nitrogen and oxygen atoms in total. The molecule has 0 aromatic heterocycles. The summed E-state index contributed by atoms with van der Waals surface area (Å²) in [5.74, 6) is 0. The van der Waals surface area contributed by atoms with E-state index in [1.807, 2.05) is 6.07 Å². The van der Waals surface area contributed by atoms with Crippen molar-refractivity contribution in [1.82, 2.24) is 0 Å². The molecule has 1 N–H and O–H groups in total. The van der Waals surface area contributed by atoms with Gasteiger partial charge in [-0.3, -0.25) is 4.55 Å². The van der Waals surface area contributed by atoms with Gasteiger partial charge in [-0.05, 0) is 30.0 Å². The molecule has 0 fully saturated rings. The van der Waals surface area contributed by atoms with E-state index in [0.717, 1.165) is 10.9 Å². The lowest BCUT2D eigenvalue weighted by atomic mass is 10.1. The first-order valence-corrected chi connectivity index (χ1v) is 6.48. The van der Waals surface area contributed by atoms with Gasteiger partial charge in [-0.15, -0.1) is 12.6 Å². The summed E-state index contributed by atoms with van der Waals surface area (Å²) in [6, 6.07) is 8.42. The van der Waals surface area contributed by atoms with Crippen LogP contribution in [0.3, 0.4) is 0 Å². The normalized spacial score (nSPS) is 11.9. The number of hydrogen-bond donors (Lipinski definition) is 2. The highest BCUT2D eigenvalue weighted by molar-refractivity contribution is 7.86.